The summed E-state index contributed by atoms with van der Waals surface area (Å²) in [7, 11) is -3.76. The maximum absolute atomic E-state index is 11.9. The molecule has 19 heavy (non-hydrogen) atoms. The number of nitrogens with zero attached hydrogens (tertiary/aromatic N) is 1. The minimum Gasteiger partial charge on any atom is -0.316 e. The maximum atomic E-state index is 11.9. The second kappa shape index (κ2) is 6.80. The number of hydrogen-bond acceptors (Lipinski definition) is 5. The van der Waals surface area contributed by atoms with Crippen LogP contribution < -0.4 is 10.0 Å². The standard InChI is InChI=1S/C10H14ClN3O4S/c1-2-12-5-6-13-19(17,18)10-4-3-8(14(15)16)7-9(10)11/h3-4,7,12-13H,2,5-6H2,1H3. The highest BCUT2D eigenvalue weighted by Gasteiger charge is 2.19. The van der Waals surface area contributed by atoms with Crippen LogP contribution in [-0.2, 0) is 10.0 Å². The fourth-order valence-corrected chi connectivity index (χ4v) is 2.92. The van der Waals surface area contributed by atoms with Crippen molar-refractivity contribution in [3.8, 4) is 0 Å². The highest BCUT2D eigenvalue weighted by atomic mass is 35.5. The van der Waals surface area contributed by atoms with Crippen molar-refractivity contribution in [1.29, 1.82) is 0 Å². The van der Waals surface area contributed by atoms with Gasteiger partial charge in [0.1, 0.15) is 4.90 Å². The average Bonchev–Trinajstić information content (AvgIpc) is 2.34. The Labute approximate surface area is 116 Å². The van der Waals surface area contributed by atoms with Crippen LogP contribution in [0.4, 0.5) is 5.69 Å². The summed E-state index contributed by atoms with van der Waals surface area (Å²) in [4.78, 5) is 9.72. The highest BCUT2D eigenvalue weighted by Crippen LogP contribution is 2.25. The molecule has 0 aliphatic rings. The maximum Gasteiger partial charge on any atom is 0.271 e. The topological polar surface area (TPSA) is 101 Å². The van der Waals surface area contributed by atoms with Crippen molar-refractivity contribution in [2.75, 3.05) is 19.6 Å². The fraction of sp³-hybridized carbons (Fsp3) is 0.400. The molecule has 0 unspecified atom stereocenters. The van der Waals surface area contributed by atoms with E-state index in [1.165, 1.54) is 0 Å². The quantitative estimate of drug-likeness (QED) is 0.447. The summed E-state index contributed by atoms with van der Waals surface area (Å²) in [6, 6.07) is 3.24. The lowest BCUT2D eigenvalue weighted by Crippen LogP contribution is -2.31. The number of likely N-dealkylation sites (N-methyl/N-ethyl adjacent to an activating group) is 1. The van der Waals surface area contributed by atoms with Gasteiger partial charge in [0.25, 0.3) is 5.69 Å². The van der Waals surface area contributed by atoms with E-state index in [9.17, 15) is 18.5 Å². The van der Waals surface area contributed by atoms with Gasteiger partial charge in [0.15, 0.2) is 0 Å². The van der Waals surface area contributed by atoms with E-state index in [4.69, 9.17) is 11.6 Å². The van der Waals surface area contributed by atoms with E-state index in [0.29, 0.717) is 6.54 Å². The first kappa shape index (κ1) is 15.8. The molecule has 1 aromatic rings. The lowest BCUT2D eigenvalue weighted by Gasteiger charge is -2.08. The van der Waals surface area contributed by atoms with Gasteiger partial charge in [-0.25, -0.2) is 13.1 Å². The molecule has 0 aromatic heterocycles. The molecule has 1 aromatic carbocycles. The van der Waals surface area contributed by atoms with Gasteiger partial charge < -0.3 is 5.32 Å². The molecule has 0 fully saturated rings. The molecule has 9 heteroatoms. The SMILES string of the molecule is CCNCCNS(=O)(=O)c1ccc([N+](=O)[O-])cc1Cl. The van der Waals surface area contributed by atoms with Gasteiger partial charge in [-0.15, -0.1) is 0 Å². The first-order valence-electron chi connectivity index (χ1n) is 5.53. The Kier molecular flexibility index (Phi) is 5.67. The van der Waals surface area contributed by atoms with Crippen LogP contribution in [0.1, 0.15) is 6.92 Å². The molecule has 0 amide bonds. The molecule has 0 heterocycles. The van der Waals surface area contributed by atoms with Crippen LogP contribution in [0.3, 0.4) is 0 Å². The third kappa shape index (κ3) is 4.43. The van der Waals surface area contributed by atoms with Crippen LogP contribution in [0.25, 0.3) is 0 Å². The molecule has 0 aliphatic carbocycles. The van der Waals surface area contributed by atoms with E-state index < -0.39 is 14.9 Å². The first-order valence-corrected chi connectivity index (χ1v) is 7.39. The average molecular weight is 308 g/mol. The van der Waals surface area contributed by atoms with Crippen molar-refractivity contribution in [2.24, 2.45) is 0 Å². The van der Waals surface area contributed by atoms with Crippen LogP contribution in [-0.4, -0.2) is 33.0 Å². The summed E-state index contributed by atoms with van der Waals surface area (Å²) in [6.45, 7) is 3.34. The summed E-state index contributed by atoms with van der Waals surface area (Å²) in [5.74, 6) is 0. The number of halogens is 1. The van der Waals surface area contributed by atoms with E-state index in [1.54, 1.807) is 0 Å². The molecule has 2 N–H and O–H groups in total. The number of sulfonamides is 1. The number of nitrogens with one attached hydrogen (secondary N) is 2. The summed E-state index contributed by atoms with van der Waals surface area (Å²) in [5, 5.41) is 13.3. The zero-order chi connectivity index (χ0) is 14.5. The Morgan fingerprint density at radius 2 is 2.05 bits per heavy atom. The van der Waals surface area contributed by atoms with Gasteiger partial charge in [-0.05, 0) is 12.6 Å². The number of non-ortho nitro benzene ring substituents is 1. The van der Waals surface area contributed by atoms with Crippen LogP contribution in [0, 0.1) is 10.1 Å². The Hall–Kier alpha value is -1.22. The molecule has 106 valence electrons. The van der Waals surface area contributed by atoms with Crippen molar-refractivity contribution in [3.05, 3.63) is 33.3 Å². The Morgan fingerprint density at radius 3 is 2.58 bits per heavy atom. The number of hydrogen-bond donors (Lipinski definition) is 2. The second-order valence-corrected chi connectivity index (χ2v) is 5.77. The molecular formula is C10H14ClN3O4S. The lowest BCUT2D eigenvalue weighted by molar-refractivity contribution is -0.384. The summed E-state index contributed by atoms with van der Waals surface area (Å²) in [6.07, 6.45) is 0. The van der Waals surface area contributed by atoms with Crippen molar-refractivity contribution in [1.82, 2.24) is 10.0 Å². The van der Waals surface area contributed by atoms with E-state index >= 15 is 0 Å². The zero-order valence-electron chi connectivity index (χ0n) is 10.2. The van der Waals surface area contributed by atoms with Gasteiger partial charge in [-0.2, -0.15) is 0 Å². The minimum atomic E-state index is -3.76. The molecule has 7 nitrogen and oxygen atoms in total. The Bertz CT molecular complexity index is 562. The van der Waals surface area contributed by atoms with E-state index in [2.05, 4.69) is 10.0 Å². The molecule has 0 bridgehead atoms. The molecule has 0 radical (unpaired) electrons. The molecule has 0 atom stereocenters. The number of nitro groups is 1. The van der Waals surface area contributed by atoms with Crippen LogP contribution in [0.15, 0.2) is 23.1 Å². The third-order valence-corrected chi connectivity index (χ3v) is 4.20. The van der Waals surface area contributed by atoms with Crippen LogP contribution >= 0.6 is 11.6 Å². The van der Waals surface area contributed by atoms with E-state index in [1.807, 2.05) is 6.92 Å². The van der Waals surface area contributed by atoms with Gasteiger partial charge in [-0.1, -0.05) is 18.5 Å². The highest BCUT2D eigenvalue weighted by molar-refractivity contribution is 7.89. The Balaban J connectivity index is 2.87. The largest absolute Gasteiger partial charge is 0.316 e. The smallest absolute Gasteiger partial charge is 0.271 e. The predicted molar refractivity (Wildman–Crippen MR) is 71.8 cm³/mol. The summed E-state index contributed by atoms with van der Waals surface area (Å²) in [5.41, 5.74) is -0.253. The van der Waals surface area contributed by atoms with Gasteiger partial charge in [0.05, 0.1) is 9.95 Å². The minimum absolute atomic E-state index is 0.170. The van der Waals surface area contributed by atoms with Gasteiger partial charge >= 0.3 is 0 Å². The first-order chi connectivity index (χ1) is 8.88. The molecular weight excluding hydrogens is 294 g/mol. The lowest BCUT2D eigenvalue weighted by atomic mass is 10.3. The molecule has 0 spiro atoms. The Morgan fingerprint density at radius 1 is 1.37 bits per heavy atom. The van der Waals surface area contributed by atoms with Crippen molar-refractivity contribution in [2.45, 2.75) is 11.8 Å². The predicted octanol–water partition coefficient (Wildman–Crippen LogP) is 1.14. The molecule has 0 saturated carbocycles. The monoisotopic (exact) mass is 307 g/mol. The number of rotatable bonds is 7. The number of nitro benzene ring substituents is 1. The normalized spacial score (nSPS) is 11.5. The van der Waals surface area contributed by atoms with Gasteiger partial charge in [-0.3, -0.25) is 10.1 Å². The second-order valence-electron chi connectivity index (χ2n) is 3.62. The van der Waals surface area contributed by atoms with Crippen molar-refractivity contribution < 1.29 is 13.3 Å². The zero-order valence-corrected chi connectivity index (χ0v) is 11.8. The summed E-state index contributed by atoms with van der Waals surface area (Å²) >= 11 is 5.76. The van der Waals surface area contributed by atoms with Crippen LogP contribution in [0.2, 0.25) is 5.02 Å². The molecule has 0 saturated heterocycles. The molecule has 1 rings (SSSR count). The van der Waals surface area contributed by atoms with E-state index in [0.717, 1.165) is 24.7 Å². The fourth-order valence-electron chi connectivity index (χ4n) is 1.35. The van der Waals surface area contributed by atoms with Crippen molar-refractivity contribution in [3.63, 3.8) is 0 Å². The molecule has 0 aliphatic heterocycles. The third-order valence-electron chi connectivity index (χ3n) is 2.26. The summed E-state index contributed by atoms with van der Waals surface area (Å²) < 4.78 is 26.2. The van der Waals surface area contributed by atoms with Crippen LogP contribution in [0.5, 0.6) is 0 Å². The van der Waals surface area contributed by atoms with Gasteiger partial charge in [0.2, 0.25) is 10.0 Å². The van der Waals surface area contributed by atoms with E-state index in [-0.39, 0.29) is 22.2 Å². The van der Waals surface area contributed by atoms with Crippen molar-refractivity contribution >= 4 is 27.3 Å². The van der Waals surface area contributed by atoms with Gasteiger partial charge in [0, 0.05) is 25.2 Å². The number of benzene rings is 1.